The van der Waals surface area contributed by atoms with Crippen LogP contribution in [0.4, 0.5) is 8.78 Å². The van der Waals surface area contributed by atoms with Crippen molar-refractivity contribution in [3.05, 3.63) is 0 Å². The van der Waals surface area contributed by atoms with Gasteiger partial charge in [0.15, 0.2) is 0 Å². The maximum Gasteiger partial charge on any atom is 0.325 e. The van der Waals surface area contributed by atoms with E-state index in [0.717, 1.165) is 0 Å². The van der Waals surface area contributed by atoms with Crippen molar-refractivity contribution in [2.75, 3.05) is 6.61 Å². The first kappa shape index (κ1) is 26.1. The number of carbonyl (C=O) groups is 3. The van der Waals surface area contributed by atoms with Gasteiger partial charge in [-0.2, -0.15) is 0 Å². The fourth-order valence-electron chi connectivity index (χ4n) is 2.74. The van der Waals surface area contributed by atoms with Crippen LogP contribution in [0.1, 0.15) is 20.3 Å². The molecule has 0 aromatic rings. The number of amides is 2. The monoisotopic (exact) mass is 443 g/mol. The van der Waals surface area contributed by atoms with E-state index in [9.17, 15) is 38.5 Å². The van der Waals surface area contributed by atoms with Crippen LogP contribution in [-0.2, 0) is 19.1 Å². The third-order valence-corrected chi connectivity index (χ3v) is 4.62. The molecule has 0 saturated carbocycles. The number of carboxylic acids is 1. The fourth-order valence-corrected chi connectivity index (χ4v) is 2.74. The molecule has 1 aliphatic rings. The molecular formula is C16H27F2N3O9. The van der Waals surface area contributed by atoms with Crippen LogP contribution in [0.5, 0.6) is 0 Å². The van der Waals surface area contributed by atoms with Gasteiger partial charge in [0.05, 0.1) is 12.6 Å². The second-order valence-electron chi connectivity index (χ2n) is 7.12. The van der Waals surface area contributed by atoms with Crippen LogP contribution in [-0.4, -0.2) is 104 Å². The third-order valence-electron chi connectivity index (χ3n) is 4.62. The van der Waals surface area contributed by atoms with E-state index < -0.39 is 85.4 Å². The zero-order chi connectivity index (χ0) is 23.4. The molecule has 0 bridgehead atoms. The molecule has 0 aliphatic carbocycles. The van der Waals surface area contributed by atoms with Gasteiger partial charge in [0.1, 0.15) is 42.6 Å². The molecule has 174 valence electrons. The number of rotatable bonds is 9. The number of halogens is 2. The molecule has 1 heterocycles. The van der Waals surface area contributed by atoms with Crippen molar-refractivity contribution in [1.82, 2.24) is 10.6 Å². The lowest BCUT2D eigenvalue weighted by molar-refractivity contribution is -0.281. The minimum absolute atomic E-state index is 0.883. The molecular weight excluding hydrogens is 416 g/mol. The standard InChI is InChI=1S/C16H27F2N3O9/c1-5(13(26)21-6(2)15(28)29)20-14(27)7(19)3-16(17,18)12-11(25)10(24)9(23)8(4-22)30-12/h5-12,22-25H,3-4,19H2,1-2H3,(H,20,27)(H,21,26)(H,28,29)/t5-,6-,7?,8+,9-,10-,11+,12+/m0/s1. The highest BCUT2D eigenvalue weighted by Crippen LogP contribution is 2.35. The Hall–Kier alpha value is -1.97. The number of nitrogens with one attached hydrogen (secondary N) is 2. The molecule has 0 radical (unpaired) electrons. The van der Waals surface area contributed by atoms with E-state index in [1.165, 1.54) is 13.8 Å². The van der Waals surface area contributed by atoms with Gasteiger partial charge in [-0.1, -0.05) is 0 Å². The highest BCUT2D eigenvalue weighted by molar-refractivity contribution is 5.91. The number of aliphatic hydroxyl groups is 4. The van der Waals surface area contributed by atoms with Gasteiger partial charge >= 0.3 is 5.97 Å². The maximum atomic E-state index is 14.6. The van der Waals surface area contributed by atoms with Crippen molar-refractivity contribution in [2.24, 2.45) is 5.73 Å². The number of aliphatic hydroxyl groups excluding tert-OH is 4. The molecule has 1 fully saturated rings. The topological polar surface area (TPSA) is 212 Å². The minimum Gasteiger partial charge on any atom is -0.480 e. The highest BCUT2D eigenvalue weighted by atomic mass is 19.3. The van der Waals surface area contributed by atoms with Crippen LogP contribution in [0, 0.1) is 0 Å². The predicted octanol–water partition coefficient (Wildman–Crippen LogP) is -3.72. The maximum absolute atomic E-state index is 14.6. The summed E-state index contributed by atoms with van der Waals surface area (Å²) in [5.74, 6) is -7.33. The molecule has 1 saturated heterocycles. The summed E-state index contributed by atoms with van der Waals surface area (Å²) in [6, 6.07) is -4.41. The van der Waals surface area contributed by atoms with Crippen molar-refractivity contribution < 1.29 is 53.4 Å². The first-order valence-electron chi connectivity index (χ1n) is 9.00. The summed E-state index contributed by atoms with van der Waals surface area (Å²) >= 11 is 0. The number of hydrogen-bond acceptors (Lipinski definition) is 9. The average Bonchev–Trinajstić information content (AvgIpc) is 2.65. The van der Waals surface area contributed by atoms with Crippen molar-refractivity contribution in [3.63, 3.8) is 0 Å². The van der Waals surface area contributed by atoms with Crippen LogP contribution < -0.4 is 16.4 Å². The number of hydrogen-bond donors (Lipinski definition) is 8. The Morgan fingerprint density at radius 2 is 1.57 bits per heavy atom. The van der Waals surface area contributed by atoms with E-state index in [1.807, 2.05) is 0 Å². The first-order chi connectivity index (χ1) is 13.7. The summed E-state index contributed by atoms with van der Waals surface area (Å²) in [5, 5.41) is 51.1. The molecule has 0 aromatic carbocycles. The number of carbonyl (C=O) groups excluding carboxylic acids is 2. The highest BCUT2D eigenvalue weighted by Gasteiger charge is 2.55. The van der Waals surface area contributed by atoms with Gasteiger partial charge in [0.2, 0.25) is 11.8 Å². The number of ether oxygens (including phenoxy) is 1. The molecule has 1 rings (SSSR count). The number of carboxylic acid groups (broad SMARTS) is 1. The van der Waals surface area contributed by atoms with Crippen LogP contribution in [0.2, 0.25) is 0 Å². The lowest BCUT2D eigenvalue weighted by Crippen LogP contribution is -2.64. The van der Waals surface area contributed by atoms with E-state index in [1.54, 1.807) is 0 Å². The van der Waals surface area contributed by atoms with E-state index in [2.05, 4.69) is 10.6 Å². The summed E-state index contributed by atoms with van der Waals surface area (Å²) in [7, 11) is 0. The average molecular weight is 443 g/mol. The van der Waals surface area contributed by atoms with Gasteiger partial charge in [0.25, 0.3) is 5.92 Å². The Balaban J connectivity index is 2.75. The van der Waals surface area contributed by atoms with Crippen LogP contribution >= 0.6 is 0 Å². The number of nitrogens with two attached hydrogens (primary N) is 1. The summed E-state index contributed by atoms with van der Waals surface area (Å²) in [5.41, 5.74) is 5.47. The van der Waals surface area contributed by atoms with Crippen LogP contribution in [0.15, 0.2) is 0 Å². The Kier molecular flexibility index (Phi) is 9.01. The van der Waals surface area contributed by atoms with Crippen molar-refractivity contribution in [2.45, 2.75) is 74.8 Å². The summed E-state index contributed by atoms with van der Waals surface area (Å²) < 4.78 is 33.9. The molecule has 0 aromatic heterocycles. The Labute approximate surface area is 170 Å². The van der Waals surface area contributed by atoms with Gasteiger partial charge in [-0.3, -0.25) is 14.4 Å². The second-order valence-corrected chi connectivity index (χ2v) is 7.12. The van der Waals surface area contributed by atoms with Crippen molar-refractivity contribution in [1.29, 1.82) is 0 Å². The SMILES string of the molecule is C[C@H](NC(=O)[C@H](C)NC(=O)C(N)CC(F)(F)[C@@H]1O[C@H](CO)[C@H](O)[C@H](O)[C@H]1O)C(=O)O. The molecule has 8 atom stereocenters. The fraction of sp³-hybridized carbons (Fsp3) is 0.812. The lowest BCUT2D eigenvalue weighted by Gasteiger charge is -2.43. The molecule has 30 heavy (non-hydrogen) atoms. The molecule has 14 heteroatoms. The zero-order valence-corrected chi connectivity index (χ0v) is 16.2. The normalized spacial score (nSPS) is 30.1. The van der Waals surface area contributed by atoms with Crippen LogP contribution in [0.25, 0.3) is 0 Å². The largest absolute Gasteiger partial charge is 0.480 e. The van der Waals surface area contributed by atoms with E-state index in [0.29, 0.717) is 0 Å². The Morgan fingerprint density at radius 1 is 1.03 bits per heavy atom. The smallest absolute Gasteiger partial charge is 0.325 e. The molecule has 0 spiro atoms. The molecule has 1 unspecified atom stereocenters. The Bertz CT molecular complexity index is 637. The quantitative estimate of drug-likeness (QED) is 0.174. The van der Waals surface area contributed by atoms with E-state index >= 15 is 0 Å². The number of alkyl halides is 2. The first-order valence-corrected chi connectivity index (χ1v) is 9.00. The molecule has 9 N–H and O–H groups in total. The van der Waals surface area contributed by atoms with Crippen LogP contribution in [0.3, 0.4) is 0 Å². The van der Waals surface area contributed by atoms with Gasteiger partial charge in [0, 0.05) is 6.42 Å². The van der Waals surface area contributed by atoms with E-state index in [-0.39, 0.29) is 0 Å². The molecule has 1 aliphatic heterocycles. The van der Waals surface area contributed by atoms with Crippen molar-refractivity contribution >= 4 is 17.8 Å². The predicted molar refractivity (Wildman–Crippen MR) is 94.2 cm³/mol. The summed E-state index contributed by atoms with van der Waals surface area (Å²) in [4.78, 5) is 34.6. The lowest BCUT2D eigenvalue weighted by atomic mass is 9.89. The van der Waals surface area contributed by atoms with Gasteiger partial charge in [-0.05, 0) is 13.8 Å². The summed E-state index contributed by atoms with van der Waals surface area (Å²) in [6.07, 6.45) is -11.4. The van der Waals surface area contributed by atoms with Gasteiger partial charge in [-0.15, -0.1) is 0 Å². The third kappa shape index (κ3) is 6.26. The zero-order valence-electron chi connectivity index (χ0n) is 16.2. The minimum atomic E-state index is -3.96. The molecule has 12 nitrogen and oxygen atoms in total. The van der Waals surface area contributed by atoms with E-state index in [4.69, 9.17) is 20.7 Å². The van der Waals surface area contributed by atoms with Gasteiger partial charge < -0.3 is 46.6 Å². The Morgan fingerprint density at radius 3 is 2.07 bits per heavy atom. The second kappa shape index (κ2) is 10.4. The summed E-state index contributed by atoms with van der Waals surface area (Å²) in [6.45, 7) is 1.46. The van der Waals surface area contributed by atoms with Crippen molar-refractivity contribution in [3.8, 4) is 0 Å². The van der Waals surface area contributed by atoms with Gasteiger partial charge in [-0.25, -0.2) is 8.78 Å². The molecule has 2 amide bonds. The number of aliphatic carboxylic acids is 1.